The molecule has 2 aromatic rings. The van der Waals surface area contributed by atoms with Gasteiger partial charge in [0, 0.05) is 25.7 Å². The third-order valence-corrected chi connectivity index (χ3v) is 6.40. The first kappa shape index (κ1) is 22.1. The second-order valence-electron chi connectivity index (χ2n) is 8.18. The molecule has 1 aliphatic heterocycles. The Hall–Kier alpha value is -3.07. The molecule has 2 heterocycles. The third-order valence-electron chi connectivity index (χ3n) is 6.09. The van der Waals surface area contributed by atoms with Crippen molar-refractivity contribution in [2.24, 2.45) is 5.92 Å². The molecule has 0 spiro atoms. The van der Waals surface area contributed by atoms with E-state index in [2.05, 4.69) is 20.7 Å². The summed E-state index contributed by atoms with van der Waals surface area (Å²) in [7, 11) is 1.34. The predicted molar refractivity (Wildman–Crippen MR) is 117 cm³/mol. The maximum absolute atomic E-state index is 12.7. The van der Waals surface area contributed by atoms with Gasteiger partial charge < -0.3 is 24.8 Å². The number of nitrogens with zero attached hydrogens (tertiary/aromatic N) is 2. The number of amides is 2. The first-order chi connectivity index (χ1) is 15.4. The first-order valence-corrected chi connectivity index (χ1v) is 10.9. The Kier molecular flexibility index (Phi) is 6.36. The molecule has 2 aliphatic rings. The van der Waals surface area contributed by atoms with Crippen LogP contribution >= 0.6 is 11.6 Å². The predicted octanol–water partition coefficient (Wildman–Crippen LogP) is 2.41. The van der Waals surface area contributed by atoms with Crippen LogP contribution in [-0.2, 0) is 9.53 Å². The Bertz CT molecular complexity index is 998. The average molecular weight is 461 g/mol. The van der Waals surface area contributed by atoms with E-state index in [1.165, 1.54) is 19.4 Å². The fourth-order valence-electron chi connectivity index (χ4n) is 4.01. The number of hydrogen-bond acceptors (Lipinski definition) is 7. The lowest BCUT2D eigenvalue weighted by Gasteiger charge is -2.35. The van der Waals surface area contributed by atoms with Crippen molar-refractivity contribution >= 4 is 35.1 Å². The summed E-state index contributed by atoms with van der Waals surface area (Å²) in [5.41, 5.74) is 0.279. The fraction of sp³-hybridized carbons (Fsp3) is 0.455. The Morgan fingerprint density at radius 2 is 2.00 bits per heavy atom. The van der Waals surface area contributed by atoms with Crippen molar-refractivity contribution in [3.8, 4) is 0 Å². The van der Waals surface area contributed by atoms with E-state index in [-0.39, 0.29) is 11.7 Å². The van der Waals surface area contributed by atoms with Crippen molar-refractivity contribution < 1.29 is 23.6 Å². The van der Waals surface area contributed by atoms with Crippen LogP contribution in [0.15, 0.2) is 35.0 Å². The lowest BCUT2D eigenvalue weighted by molar-refractivity contribution is -0.124. The van der Waals surface area contributed by atoms with E-state index in [1.807, 2.05) is 12.1 Å². The quantitative estimate of drug-likeness (QED) is 0.610. The third kappa shape index (κ3) is 4.57. The van der Waals surface area contributed by atoms with Crippen LogP contribution in [0.5, 0.6) is 0 Å². The number of piperidine rings is 1. The molecule has 32 heavy (non-hydrogen) atoms. The Morgan fingerprint density at radius 1 is 1.25 bits per heavy atom. The minimum atomic E-state index is -0.860. The van der Waals surface area contributed by atoms with Crippen LogP contribution in [0, 0.1) is 5.92 Å². The van der Waals surface area contributed by atoms with Gasteiger partial charge in [0.15, 0.2) is 0 Å². The molecule has 2 fully saturated rings. The van der Waals surface area contributed by atoms with E-state index in [0.29, 0.717) is 35.9 Å². The number of carbonyl (C=O) groups is 3. The van der Waals surface area contributed by atoms with E-state index >= 15 is 0 Å². The zero-order valence-corrected chi connectivity index (χ0v) is 18.5. The van der Waals surface area contributed by atoms with Gasteiger partial charge in [-0.05, 0) is 43.7 Å². The number of rotatable bonds is 7. The Labute approximate surface area is 190 Å². The molecule has 1 saturated carbocycles. The minimum absolute atomic E-state index is 0.0868. The van der Waals surface area contributed by atoms with E-state index < -0.39 is 17.4 Å². The molecule has 1 aromatic carbocycles. The number of ether oxygens (including phenoxy) is 1. The van der Waals surface area contributed by atoms with Gasteiger partial charge in [-0.15, -0.1) is 0 Å². The highest BCUT2D eigenvalue weighted by Gasteiger charge is 2.51. The van der Waals surface area contributed by atoms with Gasteiger partial charge in [-0.3, -0.25) is 9.59 Å². The second-order valence-corrected chi connectivity index (χ2v) is 8.59. The number of hydrogen-bond donors (Lipinski definition) is 2. The van der Waals surface area contributed by atoms with E-state index in [1.54, 1.807) is 6.07 Å². The van der Waals surface area contributed by atoms with Crippen LogP contribution in [0.1, 0.15) is 46.6 Å². The molecule has 2 amide bonds. The van der Waals surface area contributed by atoms with Gasteiger partial charge in [0.05, 0.1) is 24.0 Å². The van der Waals surface area contributed by atoms with E-state index in [4.69, 9.17) is 20.9 Å². The number of anilines is 1. The van der Waals surface area contributed by atoms with Gasteiger partial charge in [0.25, 0.3) is 5.91 Å². The van der Waals surface area contributed by atoms with E-state index in [0.717, 1.165) is 31.6 Å². The van der Waals surface area contributed by atoms with Crippen LogP contribution < -0.4 is 15.5 Å². The molecule has 1 aromatic heterocycles. The molecule has 0 radical (unpaired) electrons. The maximum Gasteiger partial charge on any atom is 0.341 e. The van der Waals surface area contributed by atoms with Crippen molar-refractivity contribution in [2.75, 3.05) is 31.6 Å². The molecular weight excluding hydrogens is 436 g/mol. The largest absolute Gasteiger partial charge is 0.465 e. The number of aromatic nitrogens is 1. The van der Waals surface area contributed by atoms with E-state index in [9.17, 15) is 14.4 Å². The first-order valence-electron chi connectivity index (χ1n) is 10.6. The summed E-state index contributed by atoms with van der Waals surface area (Å²) in [4.78, 5) is 39.2. The summed E-state index contributed by atoms with van der Waals surface area (Å²) in [5.74, 6) is -0.676. The standard InChI is InChI=1S/C22H25ClN4O5/c1-31-20(29)18-15(23)3-2-4-16(18)27-11-6-14(7-12-27)13-24-21(30)22(8-9-22)26-19(28)17-5-10-25-32-17/h2-5,10,14H,6-9,11-13H2,1H3,(H,24,30)(H,26,28). The van der Waals surface area contributed by atoms with Crippen LogP contribution in [0.3, 0.4) is 0 Å². The molecule has 1 aliphatic carbocycles. The van der Waals surface area contributed by atoms with Gasteiger partial charge >= 0.3 is 5.97 Å². The smallest absolute Gasteiger partial charge is 0.341 e. The zero-order chi connectivity index (χ0) is 22.7. The van der Waals surface area contributed by atoms with Gasteiger partial charge in [0.1, 0.15) is 11.1 Å². The highest BCUT2D eigenvalue weighted by molar-refractivity contribution is 6.34. The molecule has 1 saturated heterocycles. The minimum Gasteiger partial charge on any atom is -0.465 e. The highest BCUT2D eigenvalue weighted by Crippen LogP contribution is 2.36. The van der Waals surface area contributed by atoms with Crippen LogP contribution in [0.2, 0.25) is 5.02 Å². The molecular formula is C22H25ClN4O5. The van der Waals surface area contributed by atoms with Crippen molar-refractivity contribution in [2.45, 2.75) is 31.2 Å². The summed E-state index contributed by atoms with van der Waals surface area (Å²) in [6.45, 7) is 2.00. The number of methoxy groups -OCH3 is 1. The highest BCUT2D eigenvalue weighted by atomic mass is 35.5. The lowest BCUT2D eigenvalue weighted by Crippen LogP contribution is -2.50. The number of halogens is 1. The van der Waals surface area contributed by atoms with Crippen molar-refractivity contribution in [1.29, 1.82) is 0 Å². The molecule has 10 heteroatoms. The van der Waals surface area contributed by atoms with Crippen molar-refractivity contribution in [3.63, 3.8) is 0 Å². The SMILES string of the molecule is COC(=O)c1c(Cl)cccc1N1CCC(CNC(=O)C2(NC(=O)c3ccno3)CC2)CC1. The monoisotopic (exact) mass is 460 g/mol. The molecule has 170 valence electrons. The summed E-state index contributed by atoms with van der Waals surface area (Å²) in [5, 5.41) is 9.64. The van der Waals surface area contributed by atoms with Crippen molar-refractivity contribution in [3.05, 3.63) is 46.8 Å². The molecule has 0 atom stereocenters. The number of nitrogens with one attached hydrogen (secondary N) is 2. The Balaban J connectivity index is 1.29. The summed E-state index contributed by atoms with van der Waals surface area (Å²) < 4.78 is 9.74. The average Bonchev–Trinajstić information content (AvgIpc) is 3.37. The zero-order valence-electron chi connectivity index (χ0n) is 17.7. The molecule has 2 N–H and O–H groups in total. The molecule has 4 rings (SSSR count). The second kappa shape index (κ2) is 9.20. The maximum atomic E-state index is 12.7. The summed E-state index contributed by atoms with van der Waals surface area (Å²) in [6.07, 6.45) is 4.29. The van der Waals surface area contributed by atoms with Crippen molar-refractivity contribution in [1.82, 2.24) is 15.8 Å². The lowest BCUT2D eigenvalue weighted by atomic mass is 9.95. The number of carbonyl (C=O) groups excluding carboxylic acids is 3. The molecule has 0 unspecified atom stereocenters. The summed E-state index contributed by atoms with van der Waals surface area (Å²) >= 11 is 6.24. The number of esters is 1. The normalized spacial score (nSPS) is 17.5. The van der Waals surface area contributed by atoms with Gasteiger partial charge in [-0.1, -0.05) is 22.8 Å². The van der Waals surface area contributed by atoms with Crippen LogP contribution in [0.4, 0.5) is 5.69 Å². The fourth-order valence-corrected chi connectivity index (χ4v) is 4.26. The van der Waals surface area contributed by atoms with Gasteiger partial charge in [0.2, 0.25) is 11.7 Å². The Morgan fingerprint density at radius 3 is 2.62 bits per heavy atom. The van der Waals surface area contributed by atoms with Gasteiger partial charge in [-0.2, -0.15) is 0 Å². The van der Waals surface area contributed by atoms with Crippen LogP contribution in [0.25, 0.3) is 0 Å². The number of benzene rings is 1. The summed E-state index contributed by atoms with van der Waals surface area (Å²) in [6, 6.07) is 6.82. The molecule has 9 nitrogen and oxygen atoms in total. The molecule has 0 bridgehead atoms. The van der Waals surface area contributed by atoms with Gasteiger partial charge in [-0.25, -0.2) is 4.79 Å². The topological polar surface area (TPSA) is 114 Å². The van der Waals surface area contributed by atoms with Crippen LogP contribution in [-0.4, -0.2) is 55.2 Å².